The van der Waals surface area contributed by atoms with Gasteiger partial charge >= 0.3 is 0 Å². The number of rotatable bonds is 2. The molecule has 1 heterocycles. The van der Waals surface area contributed by atoms with Gasteiger partial charge in [0.25, 0.3) is 0 Å². The predicted octanol–water partition coefficient (Wildman–Crippen LogP) is 3.62. The van der Waals surface area contributed by atoms with E-state index in [2.05, 4.69) is 43.1 Å². The number of aromatic nitrogens is 1. The minimum absolute atomic E-state index is 1.06. The molecular formula is C14H15N. The highest BCUT2D eigenvalue weighted by molar-refractivity contribution is 5.64. The first kappa shape index (κ1) is 9.91. The van der Waals surface area contributed by atoms with E-state index >= 15 is 0 Å². The van der Waals surface area contributed by atoms with E-state index in [0.29, 0.717) is 0 Å². The standard InChI is InChI=1S/C14H15N/c1-3-12-8-7-11(2)13(10-12)14-6-4-5-9-15-14/h4-10H,3H2,1-2H3. The second-order valence-electron chi connectivity index (χ2n) is 3.72. The van der Waals surface area contributed by atoms with Crippen molar-refractivity contribution < 1.29 is 0 Å². The van der Waals surface area contributed by atoms with E-state index in [1.54, 1.807) is 0 Å². The Morgan fingerprint density at radius 2 is 2.00 bits per heavy atom. The minimum atomic E-state index is 1.06. The Bertz CT molecular complexity index is 446. The fourth-order valence-electron chi connectivity index (χ4n) is 1.69. The molecular weight excluding hydrogens is 182 g/mol. The molecule has 1 aromatic heterocycles. The molecule has 0 saturated carbocycles. The quantitative estimate of drug-likeness (QED) is 0.716. The van der Waals surface area contributed by atoms with Crippen molar-refractivity contribution in [2.24, 2.45) is 0 Å². The first-order valence-electron chi connectivity index (χ1n) is 5.32. The lowest BCUT2D eigenvalue weighted by Gasteiger charge is -2.07. The maximum absolute atomic E-state index is 4.39. The normalized spacial score (nSPS) is 10.3. The van der Waals surface area contributed by atoms with Gasteiger partial charge in [0.15, 0.2) is 0 Å². The first-order chi connectivity index (χ1) is 7.31. The van der Waals surface area contributed by atoms with Gasteiger partial charge in [-0.25, -0.2) is 0 Å². The molecule has 15 heavy (non-hydrogen) atoms. The summed E-state index contributed by atoms with van der Waals surface area (Å²) in [4.78, 5) is 4.39. The summed E-state index contributed by atoms with van der Waals surface area (Å²) < 4.78 is 0. The maximum atomic E-state index is 4.39. The van der Waals surface area contributed by atoms with Crippen LogP contribution in [0.15, 0.2) is 42.6 Å². The van der Waals surface area contributed by atoms with Crippen LogP contribution in [0.25, 0.3) is 11.3 Å². The zero-order valence-electron chi connectivity index (χ0n) is 9.20. The second kappa shape index (κ2) is 4.26. The van der Waals surface area contributed by atoms with Gasteiger partial charge in [-0.05, 0) is 42.7 Å². The van der Waals surface area contributed by atoms with Crippen molar-refractivity contribution >= 4 is 0 Å². The van der Waals surface area contributed by atoms with Crippen molar-refractivity contribution in [3.05, 3.63) is 53.7 Å². The van der Waals surface area contributed by atoms with Crippen LogP contribution in [0.3, 0.4) is 0 Å². The highest BCUT2D eigenvalue weighted by Gasteiger charge is 2.02. The third-order valence-corrected chi connectivity index (χ3v) is 2.65. The molecule has 2 rings (SSSR count). The highest BCUT2D eigenvalue weighted by atomic mass is 14.7. The van der Waals surface area contributed by atoms with E-state index in [9.17, 15) is 0 Å². The molecule has 0 saturated heterocycles. The first-order valence-corrected chi connectivity index (χ1v) is 5.32. The molecule has 0 bridgehead atoms. The maximum Gasteiger partial charge on any atom is 0.0704 e. The molecule has 1 nitrogen and oxygen atoms in total. The lowest BCUT2D eigenvalue weighted by Crippen LogP contribution is -1.89. The summed E-state index contributed by atoms with van der Waals surface area (Å²) in [5.41, 5.74) is 4.95. The molecule has 0 aliphatic carbocycles. The Labute approximate surface area is 90.8 Å². The second-order valence-corrected chi connectivity index (χ2v) is 3.72. The lowest BCUT2D eigenvalue weighted by atomic mass is 10.0. The van der Waals surface area contributed by atoms with Crippen molar-refractivity contribution in [1.29, 1.82) is 0 Å². The zero-order valence-corrected chi connectivity index (χ0v) is 9.20. The zero-order chi connectivity index (χ0) is 10.7. The number of pyridine rings is 1. The number of aryl methyl sites for hydroxylation is 2. The Morgan fingerprint density at radius 3 is 2.67 bits per heavy atom. The molecule has 0 spiro atoms. The van der Waals surface area contributed by atoms with Gasteiger partial charge in [-0.3, -0.25) is 4.98 Å². The van der Waals surface area contributed by atoms with Crippen LogP contribution in [0.5, 0.6) is 0 Å². The number of hydrogen-bond donors (Lipinski definition) is 0. The third-order valence-electron chi connectivity index (χ3n) is 2.65. The fourth-order valence-corrected chi connectivity index (χ4v) is 1.69. The number of hydrogen-bond acceptors (Lipinski definition) is 1. The molecule has 0 amide bonds. The molecule has 2 aromatic rings. The number of benzene rings is 1. The van der Waals surface area contributed by atoms with Gasteiger partial charge < -0.3 is 0 Å². The Kier molecular flexibility index (Phi) is 2.82. The summed E-state index contributed by atoms with van der Waals surface area (Å²) in [7, 11) is 0. The Morgan fingerprint density at radius 1 is 1.13 bits per heavy atom. The van der Waals surface area contributed by atoms with Crippen molar-refractivity contribution in [2.75, 3.05) is 0 Å². The average Bonchev–Trinajstić information content (AvgIpc) is 2.31. The minimum Gasteiger partial charge on any atom is -0.256 e. The van der Waals surface area contributed by atoms with Gasteiger partial charge in [0.1, 0.15) is 0 Å². The summed E-state index contributed by atoms with van der Waals surface area (Å²) in [6, 6.07) is 12.6. The molecule has 76 valence electrons. The van der Waals surface area contributed by atoms with Gasteiger partial charge in [0.2, 0.25) is 0 Å². The van der Waals surface area contributed by atoms with Gasteiger partial charge in [0.05, 0.1) is 5.69 Å². The van der Waals surface area contributed by atoms with Crippen LogP contribution < -0.4 is 0 Å². The summed E-state index contributed by atoms with van der Waals surface area (Å²) in [5.74, 6) is 0. The predicted molar refractivity (Wildman–Crippen MR) is 63.8 cm³/mol. The number of nitrogens with zero attached hydrogens (tertiary/aromatic N) is 1. The summed E-state index contributed by atoms with van der Waals surface area (Å²) in [5, 5.41) is 0. The molecule has 0 N–H and O–H groups in total. The van der Waals surface area contributed by atoms with Gasteiger partial charge in [-0.1, -0.05) is 25.1 Å². The van der Waals surface area contributed by atoms with Crippen LogP contribution in [0.4, 0.5) is 0 Å². The van der Waals surface area contributed by atoms with Crippen molar-refractivity contribution in [3.63, 3.8) is 0 Å². The molecule has 0 atom stereocenters. The largest absolute Gasteiger partial charge is 0.256 e. The van der Waals surface area contributed by atoms with E-state index in [1.165, 1.54) is 16.7 Å². The molecule has 1 aromatic carbocycles. The fraction of sp³-hybridized carbons (Fsp3) is 0.214. The van der Waals surface area contributed by atoms with Crippen molar-refractivity contribution in [3.8, 4) is 11.3 Å². The SMILES string of the molecule is CCc1ccc(C)c(-c2ccccn2)c1. The van der Waals surface area contributed by atoms with Crippen molar-refractivity contribution in [2.45, 2.75) is 20.3 Å². The van der Waals surface area contributed by atoms with Gasteiger partial charge in [-0.2, -0.15) is 0 Å². The van der Waals surface area contributed by atoms with E-state index in [-0.39, 0.29) is 0 Å². The molecule has 0 radical (unpaired) electrons. The van der Waals surface area contributed by atoms with Crippen LogP contribution in [0.2, 0.25) is 0 Å². The van der Waals surface area contributed by atoms with E-state index < -0.39 is 0 Å². The van der Waals surface area contributed by atoms with Gasteiger partial charge in [-0.15, -0.1) is 0 Å². The Hall–Kier alpha value is -1.63. The van der Waals surface area contributed by atoms with Gasteiger partial charge in [0, 0.05) is 11.8 Å². The monoisotopic (exact) mass is 197 g/mol. The van der Waals surface area contributed by atoms with Crippen LogP contribution in [0, 0.1) is 6.92 Å². The van der Waals surface area contributed by atoms with E-state index in [1.807, 2.05) is 18.3 Å². The molecule has 0 aliphatic rings. The topological polar surface area (TPSA) is 12.9 Å². The summed E-state index contributed by atoms with van der Waals surface area (Å²) >= 11 is 0. The molecule has 0 unspecified atom stereocenters. The van der Waals surface area contributed by atoms with Crippen molar-refractivity contribution in [1.82, 2.24) is 4.98 Å². The smallest absolute Gasteiger partial charge is 0.0704 e. The van der Waals surface area contributed by atoms with Crippen LogP contribution in [-0.4, -0.2) is 4.98 Å². The third kappa shape index (κ3) is 2.07. The molecule has 0 aliphatic heterocycles. The van der Waals surface area contributed by atoms with Crippen LogP contribution >= 0.6 is 0 Å². The van der Waals surface area contributed by atoms with Crippen LogP contribution in [-0.2, 0) is 6.42 Å². The lowest BCUT2D eigenvalue weighted by molar-refractivity contribution is 1.13. The van der Waals surface area contributed by atoms with E-state index in [4.69, 9.17) is 0 Å². The Balaban J connectivity index is 2.52. The van der Waals surface area contributed by atoms with E-state index in [0.717, 1.165) is 12.1 Å². The summed E-state index contributed by atoms with van der Waals surface area (Å²) in [6.07, 6.45) is 2.91. The highest BCUT2D eigenvalue weighted by Crippen LogP contribution is 2.22. The molecule has 1 heteroatoms. The average molecular weight is 197 g/mol. The molecule has 0 fully saturated rings. The van der Waals surface area contributed by atoms with Crippen LogP contribution in [0.1, 0.15) is 18.1 Å². The summed E-state index contributed by atoms with van der Waals surface area (Å²) in [6.45, 7) is 4.30.